The van der Waals surface area contributed by atoms with Gasteiger partial charge in [0.2, 0.25) is 11.8 Å². The van der Waals surface area contributed by atoms with Crippen molar-refractivity contribution in [3.8, 4) is 5.75 Å². The number of rotatable bonds is 6. The van der Waals surface area contributed by atoms with Crippen LogP contribution in [0.3, 0.4) is 0 Å². The van der Waals surface area contributed by atoms with Crippen molar-refractivity contribution in [2.75, 3.05) is 18.6 Å². The molecule has 44 heavy (non-hydrogen) atoms. The molecule has 0 aromatic heterocycles. The van der Waals surface area contributed by atoms with E-state index >= 15 is 0 Å². The van der Waals surface area contributed by atoms with Crippen molar-refractivity contribution in [1.29, 1.82) is 0 Å². The predicted molar refractivity (Wildman–Crippen MR) is 168 cm³/mol. The highest BCUT2D eigenvalue weighted by molar-refractivity contribution is 6.11. The molecule has 220 valence electrons. The molecule has 4 aliphatic rings. The van der Waals surface area contributed by atoms with E-state index in [1.165, 1.54) is 0 Å². The highest BCUT2D eigenvalue weighted by atomic mass is 16.6. The van der Waals surface area contributed by atoms with Crippen LogP contribution in [-0.2, 0) is 14.3 Å². The molecule has 7 nitrogen and oxygen atoms in total. The largest absolute Gasteiger partial charge is 0.497 e. The monoisotopic (exact) mass is 583 g/mol. The van der Waals surface area contributed by atoms with Gasteiger partial charge in [-0.05, 0) is 66.9 Å². The number of hydrogen-bond donors (Lipinski definition) is 0. The Kier molecular flexibility index (Phi) is 6.38. The minimum atomic E-state index is -1.24. The molecule has 4 heterocycles. The molecule has 4 aromatic carbocycles. The van der Waals surface area contributed by atoms with Crippen LogP contribution in [0.4, 0.5) is 5.69 Å². The second kappa shape index (κ2) is 10.5. The first-order valence-electron chi connectivity index (χ1n) is 15.3. The number of cyclic esters (lactones) is 1. The number of esters is 1. The van der Waals surface area contributed by atoms with Gasteiger partial charge in [-0.3, -0.25) is 9.69 Å². The van der Waals surface area contributed by atoms with E-state index in [-0.39, 0.29) is 29.9 Å². The van der Waals surface area contributed by atoms with Crippen LogP contribution >= 0.6 is 0 Å². The van der Waals surface area contributed by atoms with Crippen LogP contribution in [0.15, 0.2) is 120 Å². The first kappa shape index (κ1) is 26.8. The number of nitrogens with zero attached hydrogens (tertiary/aromatic N) is 3. The summed E-state index contributed by atoms with van der Waals surface area (Å²) in [5.41, 5.74) is 2.33. The van der Waals surface area contributed by atoms with Crippen molar-refractivity contribution in [3.05, 3.63) is 132 Å². The molecule has 8 rings (SSSR count). The molecule has 0 N–H and O–H groups in total. The van der Waals surface area contributed by atoms with Crippen LogP contribution in [0, 0.1) is 0 Å². The summed E-state index contributed by atoms with van der Waals surface area (Å²) in [6.07, 6.45) is 1.96. The quantitative estimate of drug-likeness (QED) is 0.219. The summed E-state index contributed by atoms with van der Waals surface area (Å²) in [6, 6.07) is 36.8. The number of fused-ring (bicyclic) bond motifs is 1. The lowest BCUT2D eigenvalue weighted by molar-refractivity contribution is -0.142. The van der Waals surface area contributed by atoms with E-state index in [4.69, 9.17) is 14.5 Å². The molecule has 0 aliphatic carbocycles. The number of carbonyl (C=O) groups is 2. The predicted octanol–water partition coefficient (Wildman–Crippen LogP) is 5.57. The lowest BCUT2D eigenvalue weighted by Crippen LogP contribution is -2.71. The first-order chi connectivity index (χ1) is 21.6. The van der Waals surface area contributed by atoms with Gasteiger partial charge in [0.1, 0.15) is 5.75 Å². The number of ether oxygens (including phenoxy) is 2. The Balaban J connectivity index is 1.35. The summed E-state index contributed by atoms with van der Waals surface area (Å²) < 4.78 is 11.6. The summed E-state index contributed by atoms with van der Waals surface area (Å²) in [5.74, 6) is 0.0787. The molecular formula is C37H33N3O4. The number of benzene rings is 4. The van der Waals surface area contributed by atoms with Crippen molar-refractivity contribution in [3.63, 3.8) is 0 Å². The minimum absolute atomic E-state index is 0.0130. The molecule has 1 amide bonds. The fourth-order valence-electron chi connectivity index (χ4n) is 8.21. The highest BCUT2D eigenvalue weighted by Crippen LogP contribution is 2.58. The molecule has 1 unspecified atom stereocenters. The molecule has 4 aliphatic heterocycles. The van der Waals surface area contributed by atoms with E-state index in [0.717, 1.165) is 47.5 Å². The molecule has 0 bridgehead atoms. The minimum Gasteiger partial charge on any atom is -0.497 e. The Bertz CT molecular complexity index is 1730. The van der Waals surface area contributed by atoms with Gasteiger partial charge in [-0.15, -0.1) is 0 Å². The Hall–Kier alpha value is -4.75. The normalized spacial score (nSPS) is 29.3. The zero-order chi connectivity index (χ0) is 29.8. The van der Waals surface area contributed by atoms with Crippen molar-refractivity contribution in [2.45, 2.75) is 48.3 Å². The standard InChI is InChI=1S/C37H33N3O4/c1-43-28-21-19-27(20-22-28)40-32(30(35(40)41)24-12-5-2-6-13-24)33-37(36(42)44-34(38-37)26-16-9-4-10-17-26)31(25-14-7-3-8-15-25)29-18-11-23-39(29)33/h2-10,12-17,19-22,29-33H,11,18,23H2,1H3/t29-,30-,31-,32-,33?,37-/m0/s1. The van der Waals surface area contributed by atoms with E-state index in [1.54, 1.807) is 7.11 Å². The Morgan fingerprint density at radius 3 is 2.11 bits per heavy atom. The molecule has 7 heteroatoms. The van der Waals surface area contributed by atoms with Crippen LogP contribution in [-0.4, -0.2) is 60.0 Å². The Morgan fingerprint density at radius 2 is 1.45 bits per heavy atom. The van der Waals surface area contributed by atoms with E-state index in [0.29, 0.717) is 5.90 Å². The van der Waals surface area contributed by atoms with E-state index in [1.807, 2.05) is 108 Å². The van der Waals surface area contributed by atoms with E-state index in [2.05, 4.69) is 17.0 Å². The maximum Gasteiger partial charge on any atom is 0.343 e. The van der Waals surface area contributed by atoms with E-state index in [9.17, 15) is 9.59 Å². The molecular weight excluding hydrogens is 550 g/mol. The molecule has 3 saturated heterocycles. The van der Waals surface area contributed by atoms with Gasteiger partial charge in [-0.1, -0.05) is 78.9 Å². The summed E-state index contributed by atoms with van der Waals surface area (Å²) in [6.45, 7) is 0.826. The van der Waals surface area contributed by atoms with Crippen LogP contribution in [0.1, 0.15) is 41.4 Å². The lowest BCUT2D eigenvalue weighted by atomic mass is 9.67. The fraction of sp³-hybridized carbons (Fsp3) is 0.270. The highest BCUT2D eigenvalue weighted by Gasteiger charge is 2.73. The molecule has 1 spiro atoms. The number of anilines is 1. The third kappa shape index (κ3) is 3.88. The van der Waals surface area contributed by atoms with Gasteiger partial charge in [-0.25, -0.2) is 9.79 Å². The second-order valence-corrected chi connectivity index (χ2v) is 12.1. The van der Waals surface area contributed by atoms with Crippen LogP contribution < -0.4 is 9.64 Å². The fourth-order valence-corrected chi connectivity index (χ4v) is 8.21. The third-order valence-electron chi connectivity index (χ3n) is 9.97. The summed E-state index contributed by atoms with van der Waals surface area (Å²) >= 11 is 0. The van der Waals surface area contributed by atoms with Crippen molar-refractivity contribution >= 4 is 23.5 Å². The first-order valence-corrected chi connectivity index (χ1v) is 15.3. The van der Waals surface area contributed by atoms with E-state index < -0.39 is 17.5 Å². The van der Waals surface area contributed by atoms with Crippen molar-refractivity contribution in [1.82, 2.24) is 4.90 Å². The summed E-state index contributed by atoms with van der Waals surface area (Å²) in [5, 5.41) is 0. The van der Waals surface area contributed by atoms with Crippen molar-refractivity contribution in [2.24, 2.45) is 4.99 Å². The molecule has 6 atom stereocenters. The van der Waals surface area contributed by atoms with Gasteiger partial charge in [0.25, 0.3) is 0 Å². The van der Waals surface area contributed by atoms with Crippen LogP contribution in [0.2, 0.25) is 0 Å². The number of aliphatic imine (C=N–C) groups is 1. The average molecular weight is 584 g/mol. The summed E-state index contributed by atoms with van der Waals surface area (Å²) in [4.78, 5) is 38.5. The smallest absolute Gasteiger partial charge is 0.343 e. The number of β-lactam (4-membered cyclic amide) rings is 1. The summed E-state index contributed by atoms with van der Waals surface area (Å²) in [7, 11) is 1.63. The Labute approximate surface area is 256 Å². The SMILES string of the molecule is COc1ccc(N2C(=O)[C@@H](c3ccccc3)[C@H]2C2N3CCC[C@H]3[C@H](c3ccccc3)[C@]23N=C(c2ccccc2)OC3=O)cc1. The lowest BCUT2D eigenvalue weighted by Gasteiger charge is -2.53. The van der Waals surface area contributed by atoms with Crippen molar-refractivity contribution < 1.29 is 19.1 Å². The van der Waals surface area contributed by atoms with Gasteiger partial charge >= 0.3 is 5.97 Å². The maximum absolute atomic E-state index is 14.6. The van der Waals surface area contributed by atoms with Crippen LogP contribution in [0.5, 0.6) is 5.75 Å². The zero-order valence-corrected chi connectivity index (χ0v) is 24.5. The van der Waals surface area contributed by atoms with Gasteiger partial charge in [0, 0.05) is 23.2 Å². The van der Waals surface area contributed by atoms with Crippen LogP contribution in [0.25, 0.3) is 0 Å². The number of methoxy groups -OCH3 is 1. The topological polar surface area (TPSA) is 71.4 Å². The van der Waals surface area contributed by atoms with Gasteiger partial charge in [-0.2, -0.15) is 0 Å². The third-order valence-corrected chi connectivity index (χ3v) is 9.97. The number of carbonyl (C=O) groups excluding carboxylic acids is 2. The molecule has 0 saturated carbocycles. The van der Waals surface area contributed by atoms with Gasteiger partial charge in [0.05, 0.1) is 25.1 Å². The maximum atomic E-state index is 14.6. The number of amides is 1. The molecule has 4 aromatic rings. The molecule has 3 fully saturated rings. The van der Waals surface area contributed by atoms with Gasteiger partial charge < -0.3 is 14.4 Å². The van der Waals surface area contributed by atoms with Gasteiger partial charge in [0.15, 0.2) is 5.54 Å². The molecule has 0 radical (unpaired) electrons. The number of hydrogen-bond acceptors (Lipinski definition) is 6. The second-order valence-electron chi connectivity index (χ2n) is 12.1. The average Bonchev–Trinajstić information content (AvgIpc) is 3.75. The zero-order valence-electron chi connectivity index (χ0n) is 24.5. The Morgan fingerprint density at radius 1 is 0.818 bits per heavy atom.